The fourth-order valence-electron chi connectivity index (χ4n) is 3.32. The number of carbonyl (C=O) groups is 1. The van der Waals surface area contributed by atoms with E-state index in [-0.39, 0.29) is 29.0 Å². The van der Waals surface area contributed by atoms with Gasteiger partial charge in [-0.2, -0.15) is 5.10 Å². The highest BCUT2D eigenvalue weighted by Gasteiger charge is 2.32. The first-order valence-corrected chi connectivity index (χ1v) is 10.2. The average Bonchev–Trinajstić information content (AvgIpc) is 3.05. The summed E-state index contributed by atoms with van der Waals surface area (Å²) >= 11 is 0. The van der Waals surface area contributed by atoms with Gasteiger partial charge in [0.15, 0.2) is 15.7 Å². The molecule has 0 radical (unpaired) electrons. The molecular formula is C19H16FN3O3S. The minimum absolute atomic E-state index is 0.170. The molecule has 1 aromatic heterocycles. The number of nitrogens with zero attached hydrogens (tertiary/aromatic N) is 1. The Labute approximate surface area is 155 Å². The number of amides is 1. The van der Waals surface area contributed by atoms with Crippen LogP contribution in [0.3, 0.4) is 0 Å². The number of aromatic amines is 1. The summed E-state index contributed by atoms with van der Waals surface area (Å²) in [6, 6.07) is 12.5. The summed E-state index contributed by atoms with van der Waals surface area (Å²) in [5.41, 5.74) is 3.05. The molecule has 0 unspecified atom stereocenters. The van der Waals surface area contributed by atoms with Gasteiger partial charge in [0.05, 0.1) is 10.6 Å². The van der Waals surface area contributed by atoms with E-state index in [2.05, 4.69) is 15.5 Å². The Balaban J connectivity index is 1.81. The summed E-state index contributed by atoms with van der Waals surface area (Å²) in [6.45, 7) is 0. The first kappa shape index (κ1) is 17.4. The van der Waals surface area contributed by atoms with Crippen LogP contribution in [0, 0.1) is 5.82 Å². The predicted octanol–water partition coefficient (Wildman–Crippen LogP) is 3.09. The van der Waals surface area contributed by atoms with Crippen LogP contribution < -0.4 is 5.32 Å². The SMILES string of the molecule is CS(=O)(=O)c1ccc([C@H]2CC(=O)Nc3n[nH]c(-c4ccc(F)cc4)c32)cc1. The Morgan fingerprint density at radius 2 is 1.74 bits per heavy atom. The van der Waals surface area contributed by atoms with Crippen LogP contribution >= 0.6 is 0 Å². The van der Waals surface area contributed by atoms with E-state index in [9.17, 15) is 17.6 Å². The summed E-state index contributed by atoms with van der Waals surface area (Å²) in [5.74, 6) is -0.367. The Hall–Kier alpha value is -3.00. The summed E-state index contributed by atoms with van der Waals surface area (Å²) in [6.07, 6.45) is 1.36. The fraction of sp³-hybridized carbons (Fsp3) is 0.158. The van der Waals surface area contributed by atoms with Crippen LogP contribution in [0.25, 0.3) is 11.3 Å². The topological polar surface area (TPSA) is 91.9 Å². The van der Waals surface area contributed by atoms with Crippen molar-refractivity contribution in [1.29, 1.82) is 0 Å². The molecule has 0 saturated carbocycles. The fourth-order valence-corrected chi connectivity index (χ4v) is 3.95. The Bertz CT molecular complexity index is 1120. The molecule has 4 rings (SSSR count). The van der Waals surface area contributed by atoms with Gasteiger partial charge in [0.25, 0.3) is 0 Å². The van der Waals surface area contributed by atoms with Crippen molar-refractivity contribution in [2.24, 2.45) is 0 Å². The number of benzene rings is 2. The highest BCUT2D eigenvalue weighted by atomic mass is 32.2. The molecule has 0 fully saturated rings. The molecule has 2 heterocycles. The lowest BCUT2D eigenvalue weighted by molar-refractivity contribution is -0.116. The minimum atomic E-state index is -3.30. The van der Waals surface area contributed by atoms with Crippen LogP contribution in [0.2, 0.25) is 0 Å². The number of halogens is 1. The second-order valence-electron chi connectivity index (χ2n) is 6.51. The third kappa shape index (κ3) is 3.23. The molecule has 27 heavy (non-hydrogen) atoms. The lowest BCUT2D eigenvalue weighted by atomic mass is 9.84. The number of H-pyrrole nitrogens is 1. The van der Waals surface area contributed by atoms with Gasteiger partial charge in [-0.15, -0.1) is 0 Å². The molecule has 8 heteroatoms. The first-order chi connectivity index (χ1) is 12.8. The number of aromatic nitrogens is 2. The highest BCUT2D eigenvalue weighted by Crippen LogP contribution is 2.41. The molecule has 1 atom stereocenters. The molecule has 1 aliphatic heterocycles. The lowest BCUT2D eigenvalue weighted by Crippen LogP contribution is -2.23. The van der Waals surface area contributed by atoms with E-state index in [0.29, 0.717) is 11.5 Å². The molecule has 1 aliphatic rings. The molecule has 2 N–H and O–H groups in total. The zero-order chi connectivity index (χ0) is 19.2. The Morgan fingerprint density at radius 3 is 2.37 bits per heavy atom. The zero-order valence-electron chi connectivity index (χ0n) is 14.4. The van der Waals surface area contributed by atoms with E-state index >= 15 is 0 Å². The van der Waals surface area contributed by atoms with Crippen molar-refractivity contribution in [3.8, 4) is 11.3 Å². The van der Waals surface area contributed by atoms with Crippen molar-refractivity contribution in [2.75, 3.05) is 11.6 Å². The van der Waals surface area contributed by atoms with Gasteiger partial charge in [-0.3, -0.25) is 9.89 Å². The number of nitrogens with one attached hydrogen (secondary N) is 2. The quantitative estimate of drug-likeness (QED) is 0.725. The molecule has 1 amide bonds. The molecule has 0 spiro atoms. The summed E-state index contributed by atoms with van der Waals surface area (Å²) in [5, 5.41) is 9.86. The van der Waals surface area contributed by atoms with Crippen LogP contribution in [0.5, 0.6) is 0 Å². The Kier molecular flexibility index (Phi) is 4.07. The van der Waals surface area contributed by atoms with Crippen LogP contribution in [0.4, 0.5) is 10.2 Å². The van der Waals surface area contributed by atoms with Crippen molar-refractivity contribution in [2.45, 2.75) is 17.2 Å². The monoisotopic (exact) mass is 385 g/mol. The van der Waals surface area contributed by atoms with Gasteiger partial charge < -0.3 is 5.32 Å². The molecule has 0 aliphatic carbocycles. The third-order valence-corrected chi connectivity index (χ3v) is 5.77. The summed E-state index contributed by atoms with van der Waals surface area (Å²) in [7, 11) is -3.30. The molecule has 138 valence electrons. The maximum atomic E-state index is 13.3. The van der Waals surface area contributed by atoms with E-state index in [1.165, 1.54) is 24.3 Å². The van der Waals surface area contributed by atoms with Gasteiger partial charge in [-0.25, -0.2) is 12.8 Å². The Morgan fingerprint density at radius 1 is 1.07 bits per heavy atom. The van der Waals surface area contributed by atoms with Crippen LogP contribution in [0.15, 0.2) is 53.4 Å². The summed E-state index contributed by atoms with van der Waals surface area (Å²) in [4.78, 5) is 12.3. The first-order valence-electron chi connectivity index (χ1n) is 8.27. The van der Waals surface area contributed by atoms with Gasteiger partial charge in [-0.05, 0) is 42.0 Å². The largest absolute Gasteiger partial charge is 0.309 e. The van der Waals surface area contributed by atoms with Crippen molar-refractivity contribution in [1.82, 2.24) is 10.2 Å². The maximum absolute atomic E-state index is 13.3. The van der Waals surface area contributed by atoms with Gasteiger partial charge in [0.1, 0.15) is 5.82 Å². The second kappa shape index (κ2) is 6.31. The number of rotatable bonds is 3. The number of hydrogen-bond acceptors (Lipinski definition) is 4. The number of anilines is 1. The van der Waals surface area contributed by atoms with Crippen molar-refractivity contribution in [3.05, 3.63) is 65.5 Å². The minimum Gasteiger partial charge on any atom is -0.309 e. The van der Waals surface area contributed by atoms with E-state index in [1.54, 1.807) is 24.3 Å². The second-order valence-corrected chi connectivity index (χ2v) is 8.53. The average molecular weight is 385 g/mol. The van der Waals surface area contributed by atoms with Gasteiger partial charge in [0.2, 0.25) is 5.91 Å². The number of carbonyl (C=O) groups excluding carboxylic acids is 1. The van der Waals surface area contributed by atoms with Crippen molar-refractivity contribution < 1.29 is 17.6 Å². The van der Waals surface area contributed by atoms with Gasteiger partial charge in [0, 0.05) is 29.7 Å². The van der Waals surface area contributed by atoms with E-state index in [0.717, 1.165) is 22.9 Å². The number of fused-ring (bicyclic) bond motifs is 1. The van der Waals surface area contributed by atoms with Crippen LogP contribution in [-0.4, -0.2) is 30.8 Å². The highest BCUT2D eigenvalue weighted by molar-refractivity contribution is 7.90. The lowest BCUT2D eigenvalue weighted by Gasteiger charge is -2.23. The van der Waals surface area contributed by atoms with Crippen molar-refractivity contribution in [3.63, 3.8) is 0 Å². The maximum Gasteiger partial charge on any atom is 0.226 e. The molecule has 2 aromatic carbocycles. The molecule has 0 bridgehead atoms. The third-order valence-electron chi connectivity index (χ3n) is 4.64. The smallest absolute Gasteiger partial charge is 0.226 e. The molecule has 3 aromatic rings. The van der Waals surface area contributed by atoms with Crippen molar-refractivity contribution >= 4 is 21.6 Å². The van der Waals surface area contributed by atoms with Crippen LogP contribution in [0.1, 0.15) is 23.5 Å². The normalized spacial score (nSPS) is 16.7. The van der Waals surface area contributed by atoms with E-state index in [4.69, 9.17) is 0 Å². The zero-order valence-corrected chi connectivity index (χ0v) is 15.2. The number of hydrogen-bond donors (Lipinski definition) is 2. The summed E-state index contributed by atoms with van der Waals surface area (Å²) < 4.78 is 36.6. The van der Waals surface area contributed by atoms with Gasteiger partial charge >= 0.3 is 0 Å². The molecular weight excluding hydrogens is 369 g/mol. The van der Waals surface area contributed by atoms with E-state index in [1.807, 2.05) is 0 Å². The number of sulfone groups is 1. The van der Waals surface area contributed by atoms with Gasteiger partial charge in [-0.1, -0.05) is 12.1 Å². The standard InChI is InChI=1S/C19H16FN3O3S/c1-27(25,26)14-8-4-11(5-9-14)15-10-16(24)21-19-17(15)18(22-23-19)12-2-6-13(20)7-3-12/h2-9,15H,10H2,1H3,(H2,21,22,23,24)/t15-/m1/s1. The molecule has 6 nitrogen and oxygen atoms in total. The predicted molar refractivity (Wildman–Crippen MR) is 98.6 cm³/mol. The van der Waals surface area contributed by atoms with E-state index < -0.39 is 9.84 Å². The van der Waals surface area contributed by atoms with Crippen LogP contribution in [-0.2, 0) is 14.6 Å². The molecule has 0 saturated heterocycles.